The highest BCUT2D eigenvalue weighted by molar-refractivity contribution is 6.10. The highest BCUT2D eigenvalue weighted by Crippen LogP contribution is 2.61. The molecule has 7 nitrogen and oxygen atoms in total. The van der Waals surface area contributed by atoms with Crippen molar-refractivity contribution >= 4 is 29.4 Å². The molecule has 3 amide bonds. The maximum atomic E-state index is 14.1. The quantitative estimate of drug-likeness (QED) is 0.365. The lowest BCUT2D eigenvalue weighted by Crippen LogP contribution is -2.47. The monoisotopic (exact) mass is 522 g/mol. The van der Waals surface area contributed by atoms with Gasteiger partial charge in [-0.2, -0.15) is 0 Å². The van der Waals surface area contributed by atoms with Crippen LogP contribution < -0.4 is 5.32 Å². The number of rotatable bonds is 7. The minimum Gasteiger partial charge on any atom is -0.454 e. The molecule has 0 saturated carbocycles. The number of anilines is 1. The topological polar surface area (TPSA) is 92.8 Å². The van der Waals surface area contributed by atoms with Crippen LogP contribution in [0.5, 0.6) is 0 Å². The third kappa shape index (κ3) is 4.13. The zero-order valence-electron chi connectivity index (χ0n) is 21.9. The number of hydrogen-bond acceptors (Lipinski definition) is 5. The second-order valence-electron chi connectivity index (χ2n) is 11.0. The number of para-hydroxylation sites is 1. The molecular weight excluding hydrogens is 492 g/mol. The van der Waals surface area contributed by atoms with Gasteiger partial charge in [-0.3, -0.25) is 19.3 Å². The van der Waals surface area contributed by atoms with Crippen molar-refractivity contribution in [3.05, 3.63) is 101 Å². The third-order valence-electron chi connectivity index (χ3n) is 8.16. The molecule has 7 rings (SSSR count). The van der Waals surface area contributed by atoms with Crippen molar-refractivity contribution in [3.8, 4) is 0 Å². The summed E-state index contributed by atoms with van der Waals surface area (Å²) in [5.74, 6) is -3.53. The Morgan fingerprint density at radius 1 is 0.769 bits per heavy atom. The Bertz CT molecular complexity index is 1350. The Morgan fingerprint density at radius 3 is 1.69 bits per heavy atom. The molecule has 3 aromatic rings. The minimum absolute atomic E-state index is 0.00930. The standard InChI is InChI=1S/C32H30N2O5/c1-18(2)16-24(32(38)39-17-25(35)33-19-10-4-3-5-11-19)34-30(36)28-26-20-12-6-7-13-21(20)27(29(28)31(34)37)23-15-9-8-14-22(23)26/h3-15,18,24,26-29H,16-17H2,1-2H3,(H,33,35)/t24-,26?,27?,28-,29-/m1/s1. The smallest absolute Gasteiger partial charge is 0.329 e. The first-order chi connectivity index (χ1) is 18.9. The number of carbonyl (C=O) groups is 4. The first-order valence-electron chi connectivity index (χ1n) is 13.4. The molecule has 39 heavy (non-hydrogen) atoms. The fraction of sp³-hybridized carbons (Fsp3) is 0.312. The number of amides is 3. The average molecular weight is 523 g/mol. The molecule has 7 heteroatoms. The van der Waals surface area contributed by atoms with Gasteiger partial charge in [0.15, 0.2) is 6.61 Å². The van der Waals surface area contributed by atoms with Gasteiger partial charge in [-0.1, -0.05) is 80.6 Å². The number of carbonyl (C=O) groups excluding carboxylic acids is 4. The molecule has 0 unspecified atom stereocenters. The first kappa shape index (κ1) is 25.0. The molecule has 3 aliphatic carbocycles. The van der Waals surface area contributed by atoms with Gasteiger partial charge in [0.05, 0.1) is 11.8 Å². The Balaban J connectivity index is 1.29. The van der Waals surface area contributed by atoms with Crippen LogP contribution in [0, 0.1) is 17.8 Å². The predicted octanol–water partition coefficient (Wildman–Crippen LogP) is 4.48. The van der Waals surface area contributed by atoms with E-state index in [0.29, 0.717) is 5.69 Å². The van der Waals surface area contributed by atoms with Crippen LogP contribution in [0.15, 0.2) is 78.9 Å². The van der Waals surface area contributed by atoms with Crippen molar-refractivity contribution < 1.29 is 23.9 Å². The Hall–Kier alpha value is -4.26. The van der Waals surface area contributed by atoms with Crippen LogP contribution in [0.25, 0.3) is 0 Å². The van der Waals surface area contributed by atoms with Crippen molar-refractivity contribution in [2.75, 3.05) is 11.9 Å². The minimum atomic E-state index is -1.09. The molecule has 2 bridgehead atoms. The van der Waals surface area contributed by atoms with E-state index in [2.05, 4.69) is 5.32 Å². The second kappa shape index (κ2) is 9.80. The molecule has 1 saturated heterocycles. The molecule has 3 aromatic carbocycles. The van der Waals surface area contributed by atoms with Crippen molar-refractivity contribution in [2.45, 2.75) is 38.1 Å². The number of hydrogen-bond donors (Lipinski definition) is 1. The van der Waals surface area contributed by atoms with Crippen LogP contribution in [0.1, 0.15) is 54.4 Å². The number of nitrogens with zero attached hydrogens (tertiary/aromatic N) is 1. The van der Waals surface area contributed by atoms with Crippen LogP contribution in [-0.2, 0) is 23.9 Å². The lowest BCUT2D eigenvalue weighted by atomic mass is 9.55. The van der Waals surface area contributed by atoms with E-state index < -0.39 is 36.4 Å². The number of esters is 1. The summed E-state index contributed by atoms with van der Waals surface area (Å²) in [6.45, 7) is 3.35. The van der Waals surface area contributed by atoms with Gasteiger partial charge in [-0.15, -0.1) is 0 Å². The summed E-state index contributed by atoms with van der Waals surface area (Å²) in [7, 11) is 0. The van der Waals surface area contributed by atoms with E-state index in [-0.39, 0.29) is 36.0 Å². The summed E-state index contributed by atoms with van der Waals surface area (Å²) < 4.78 is 5.40. The number of imide groups is 1. The number of ether oxygens (including phenoxy) is 1. The summed E-state index contributed by atoms with van der Waals surface area (Å²) in [6.07, 6.45) is 0.255. The average Bonchev–Trinajstić information content (AvgIpc) is 3.21. The summed E-state index contributed by atoms with van der Waals surface area (Å²) in [5, 5.41) is 2.68. The van der Waals surface area contributed by atoms with Crippen molar-refractivity contribution in [3.63, 3.8) is 0 Å². The highest BCUT2D eigenvalue weighted by Gasteiger charge is 2.63. The number of likely N-dealkylation sites (tertiary alicyclic amines) is 1. The normalized spacial score (nSPS) is 23.2. The summed E-state index contributed by atoms with van der Waals surface area (Å²) >= 11 is 0. The van der Waals surface area contributed by atoms with Gasteiger partial charge in [0.2, 0.25) is 11.8 Å². The van der Waals surface area contributed by atoms with Crippen LogP contribution in [0.4, 0.5) is 5.69 Å². The van der Waals surface area contributed by atoms with Crippen LogP contribution in [0.2, 0.25) is 0 Å². The molecule has 198 valence electrons. The Kier molecular flexibility index (Phi) is 6.29. The van der Waals surface area contributed by atoms with E-state index in [1.165, 1.54) is 0 Å². The molecule has 1 aliphatic heterocycles. The first-order valence-corrected chi connectivity index (χ1v) is 13.4. The number of nitrogens with one attached hydrogen (secondary N) is 1. The van der Waals surface area contributed by atoms with Crippen molar-refractivity contribution in [1.29, 1.82) is 0 Å². The van der Waals surface area contributed by atoms with Gasteiger partial charge in [-0.25, -0.2) is 4.79 Å². The number of benzene rings is 3. The van der Waals surface area contributed by atoms with E-state index in [4.69, 9.17) is 4.74 Å². The molecule has 1 heterocycles. The zero-order chi connectivity index (χ0) is 27.3. The molecule has 0 aromatic heterocycles. The third-order valence-corrected chi connectivity index (χ3v) is 8.16. The van der Waals surface area contributed by atoms with Gasteiger partial charge in [0, 0.05) is 17.5 Å². The van der Waals surface area contributed by atoms with Gasteiger partial charge in [0.25, 0.3) is 5.91 Å². The summed E-state index contributed by atoms with van der Waals surface area (Å²) in [4.78, 5) is 55.1. The van der Waals surface area contributed by atoms with Crippen molar-refractivity contribution in [2.24, 2.45) is 17.8 Å². The van der Waals surface area contributed by atoms with Crippen LogP contribution in [-0.4, -0.2) is 41.2 Å². The Labute approximate surface area is 227 Å². The van der Waals surface area contributed by atoms with E-state index in [1.807, 2.05) is 68.4 Å². The SMILES string of the molecule is CC(C)C[C@H](C(=O)OCC(=O)Nc1ccccc1)N1C(=O)[C@@H]2C3c4ccccc4C(c4ccccc43)[C@H]2C1=O. The molecule has 4 aliphatic rings. The van der Waals surface area contributed by atoms with Gasteiger partial charge >= 0.3 is 5.97 Å². The Morgan fingerprint density at radius 2 is 1.23 bits per heavy atom. The van der Waals surface area contributed by atoms with E-state index in [9.17, 15) is 19.2 Å². The fourth-order valence-corrected chi connectivity index (χ4v) is 6.71. The summed E-state index contributed by atoms with van der Waals surface area (Å²) in [5.41, 5.74) is 4.88. The van der Waals surface area contributed by atoms with Crippen LogP contribution in [0.3, 0.4) is 0 Å². The highest BCUT2D eigenvalue weighted by atomic mass is 16.5. The molecule has 0 radical (unpaired) electrons. The maximum absolute atomic E-state index is 14.1. The summed E-state index contributed by atoms with van der Waals surface area (Å²) in [6, 6.07) is 23.8. The van der Waals surface area contributed by atoms with E-state index >= 15 is 0 Å². The van der Waals surface area contributed by atoms with Gasteiger partial charge in [-0.05, 0) is 46.7 Å². The lowest BCUT2D eigenvalue weighted by molar-refractivity contribution is -0.160. The predicted molar refractivity (Wildman–Crippen MR) is 145 cm³/mol. The van der Waals surface area contributed by atoms with Crippen molar-refractivity contribution in [1.82, 2.24) is 4.90 Å². The molecule has 1 fully saturated rings. The maximum Gasteiger partial charge on any atom is 0.329 e. The van der Waals surface area contributed by atoms with Crippen LogP contribution >= 0.6 is 0 Å². The molecule has 3 atom stereocenters. The zero-order valence-corrected chi connectivity index (χ0v) is 21.9. The van der Waals surface area contributed by atoms with E-state index in [0.717, 1.165) is 27.2 Å². The molecule has 0 spiro atoms. The second-order valence-corrected chi connectivity index (χ2v) is 11.0. The largest absolute Gasteiger partial charge is 0.454 e. The van der Waals surface area contributed by atoms with Gasteiger partial charge in [0.1, 0.15) is 6.04 Å². The molecule has 1 N–H and O–H groups in total. The lowest BCUT2D eigenvalue weighted by Gasteiger charge is -2.45. The van der Waals surface area contributed by atoms with Gasteiger partial charge < -0.3 is 10.1 Å². The molecular formula is C32H30N2O5. The van der Waals surface area contributed by atoms with E-state index in [1.54, 1.807) is 24.3 Å². The fourth-order valence-electron chi connectivity index (χ4n) is 6.71.